The predicted molar refractivity (Wildman–Crippen MR) is 82.4 cm³/mol. The lowest BCUT2D eigenvalue weighted by atomic mass is 10.1. The number of carbonyl (C=O) groups excluding carboxylic acids is 1. The van der Waals surface area contributed by atoms with E-state index < -0.39 is 0 Å². The summed E-state index contributed by atoms with van der Waals surface area (Å²) in [6.07, 6.45) is 0. The molecule has 0 atom stereocenters. The molecule has 0 saturated heterocycles. The van der Waals surface area contributed by atoms with Crippen molar-refractivity contribution in [3.05, 3.63) is 53.2 Å². The largest absolute Gasteiger partial charge is 0.373 e. The van der Waals surface area contributed by atoms with Gasteiger partial charge in [-0.15, -0.1) is 0 Å². The number of nitrogens with one attached hydrogen (secondary N) is 1. The fraction of sp³-hybridized carbons (Fsp3) is 0.250. The number of amides is 1. The number of benzene rings is 1. The zero-order chi connectivity index (χ0) is 14.7. The standard InChI is InChI=1S/C16H19N3O/c1-11-6-5-7-14(8-11)19(4)16(20)13-9-12(2)18-15(10-13)17-3/h5-10H,1-4H3,(H,17,18). The van der Waals surface area contributed by atoms with Gasteiger partial charge in [-0.3, -0.25) is 4.79 Å². The zero-order valence-electron chi connectivity index (χ0n) is 12.3. The van der Waals surface area contributed by atoms with Crippen molar-refractivity contribution in [3.63, 3.8) is 0 Å². The highest BCUT2D eigenvalue weighted by molar-refractivity contribution is 6.06. The molecule has 0 radical (unpaired) electrons. The molecular weight excluding hydrogens is 250 g/mol. The molecular formula is C16H19N3O. The van der Waals surface area contributed by atoms with E-state index in [1.165, 1.54) is 0 Å². The van der Waals surface area contributed by atoms with E-state index in [4.69, 9.17) is 0 Å². The fourth-order valence-corrected chi connectivity index (χ4v) is 2.07. The summed E-state index contributed by atoms with van der Waals surface area (Å²) in [7, 11) is 3.58. The molecule has 1 amide bonds. The van der Waals surface area contributed by atoms with Gasteiger partial charge in [0, 0.05) is 31.0 Å². The topological polar surface area (TPSA) is 45.2 Å². The molecule has 2 aromatic rings. The van der Waals surface area contributed by atoms with Gasteiger partial charge in [-0.1, -0.05) is 12.1 Å². The van der Waals surface area contributed by atoms with Gasteiger partial charge in [0.05, 0.1) is 0 Å². The molecule has 0 aliphatic carbocycles. The first-order valence-corrected chi connectivity index (χ1v) is 6.52. The maximum absolute atomic E-state index is 12.5. The second-order valence-electron chi connectivity index (χ2n) is 4.84. The molecule has 1 aromatic heterocycles. The number of nitrogens with zero attached hydrogens (tertiary/aromatic N) is 2. The van der Waals surface area contributed by atoms with Crippen molar-refractivity contribution in [1.29, 1.82) is 0 Å². The number of aryl methyl sites for hydroxylation is 2. The van der Waals surface area contributed by atoms with Gasteiger partial charge in [0.1, 0.15) is 5.82 Å². The van der Waals surface area contributed by atoms with Crippen LogP contribution in [0.5, 0.6) is 0 Å². The van der Waals surface area contributed by atoms with Crippen molar-refractivity contribution in [2.24, 2.45) is 0 Å². The number of hydrogen-bond acceptors (Lipinski definition) is 3. The Balaban J connectivity index is 2.33. The van der Waals surface area contributed by atoms with Crippen molar-refractivity contribution in [2.75, 3.05) is 24.3 Å². The highest BCUT2D eigenvalue weighted by atomic mass is 16.2. The van der Waals surface area contributed by atoms with Gasteiger partial charge < -0.3 is 10.2 Å². The molecule has 4 heteroatoms. The summed E-state index contributed by atoms with van der Waals surface area (Å²) >= 11 is 0. The maximum atomic E-state index is 12.5. The van der Waals surface area contributed by atoms with Crippen LogP contribution in [0.2, 0.25) is 0 Å². The Hall–Kier alpha value is -2.36. The van der Waals surface area contributed by atoms with Crippen LogP contribution < -0.4 is 10.2 Å². The average molecular weight is 269 g/mol. The lowest BCUT2D eigenvalue weighted by Gasteiger charge is -2.18. The third-order valence-corrected chi connectivity index (χ3v) is 3.15. The minimum absolute atomic E-state index is 0.0439. The van der Waals surface area contributed by atoms with Crippen LogP contribution in [-0.4, -0.2) is 25.0 Å². The Morgan fingerprint density at radius 1 is 1.20 bits per heavy atom. The highest BCUT2D eigenvalue weighted by Gasteiger charge is 2.15. The summed E-state index contributed by atoms with van der Waals surface area (Å²) in [6.45, 7) is 3.89. The van der Waals surface area contributed by atoms with Gasteiger partial charge in [-0.05, 0) is 43.7 Å². The number of carbonyl (C=O) groups is 1. The molecule has 0 fully saturated rings. The maximum Gasteiger partial charge on any atom is 0.258 e. The van der Waals surface area contributed by atoms with Crippen LogP contribution in [0.3, 0.4) is 0 Å². The van der Waals surface area contributed by atoms with E-state index in [2.05, 4.69) is 10.3 Å². The molecule has 104 valence electrons. The Bertz CT molecular complexity index is 637. The molecule has 0 bridgehead atoms. The van der Waals surface area contributed by atoms with Crippen molar-refractivity contribution < 1.29 is 4.79 Å². The Morgan fingerprint density at radius 3 is 2.60 bits per heavy atom. The van der Waals surface area contributed by atoms with Crippen LogP contribution >= 0.6 is 0 Å². The van der Waals surface area contributed by atoms with E-state index in [1.807, 2.05) is 38.1 Å². The summed E-state index contributed by atoms with van der Waals surface area (Å²) in [5, 5.41) is 2.97. The predicted octanol–water partition coefficient (Wildman–Crippen LogP) is 3.02. The Kier molecular flexibility index (Phi) is 4.03. The van der Waals surface area contributed by atoms with Gasteiger partial charge in [0.2, 0.25) is 0 Å². The summed E-state index contributed by atoms with van der Waals surface area (Å²) in [4.78, 5) is 18.5. The van der Waals surface area contributed by atoms with Gasteiger partial charge in [0.15, 0.2) is 0 Å². The van der Waals surface area contributed by atoms with Gasteiger partial charge in [0.25, 0.3) is 5.91 Å². The minimum Gasteiger partial charge on any atom is -0.373 e. The lowest BCUT2D eigenvalue weighted by molar-refractivity contribution is 0.0993. The van der Waals surface area contributed by atoms with Crippen molar-refractivity contribution >= 4 is 17.4 Å². The smallest absolute Gasteiger partial charge is 0.258 e. The normalized spacial score (nSPS) is 10.2. The van der Waals surface area contributed by atoms with Gasteiger partial charge >= 0.3 is 0 Å². The van der Waals surface area contributed by atoms with E-state index >= 15 is 0 Å². The van der Waals surface area contributed by atoms with Gasteiger partial charge in [-0.25, -0.2) is 4.98 Å². The summed E-state index contributed by atoms with van der Waals surface area (Å²) in [5.74, 6) is 0.656. The number of rotatable bonds is 3. The Morgan fingerprint density at radius 2 is 1.95 bits per heavy atom. The lowest BCUT2D eigenvalue weighted by Crippen LogP contribution is -2.26. The van der Waals surface area contributed by atoms with E-state index in [0.29, 0.717) is 11.4 Å². The molecule has 20 heavy (non-hydrogen) atoms. The van der Waals surface area contributed by atoms with E-state index in [9.17, 15) is 4.79 Å². The zero-order valence-corrected chi connectivity index (χ0v) is 12.3. The van der Waals surface area contributed by atoms with Crippen LogP contribution in [0.4, 0.5) is 11.5 Å². The molecule has 4 nitrogen and oxygen atoms in total. The monoisotopic (exact) mass is 269 g/mol. The fourth-order valence-electron chi connectivity index (χ4n) is 2.07. The van der Waals surface area contributed by atoms with Crippen LogP contribution in [0.15, 0.2) is 36.4 Å². The van der Waals surface area contributed by atoms with Crippen molar-refractivity contribution in [3.8, 4) is 0 Å². The van der Waals surface area contributed by atoms with Gasteiger partial charge in [-0.2, -0.15) is 0 Å². The molecule has 1 aromatic carbocycles. The molecule has 1 heterocycles. The molecule has 0 aliphatic rings. The second kappa shape index (κ2) is 5.74. The first-order chi connectivity index (χ1) is 9.51. The molecule has 1 N–H and O–H groups in total. The number of aromatic nitrogens is 1. The number of pyridine rings is 1. The summed E-state index contributed by atoms with van der Waals surface area (Å²) in [6, 6.07) is 11.4. The molecule has 0 unspecified atom stereocenters. The summed E-state index contributed by atoms with van der Waals surface area (Å²) in [5.41, 5.74) is 3.46. The second-order valence-corrected chi connectivity index (χ2v) is 4.84. The van der Waals surface area contributed by atoms with E-state index in [-0.39, 0.29) is 5.91 Å². The molecule has 2 rings (SSSR count). The first-order valence-electron chi connectivity index (χ1n) is 6.52. The highest BCUT2D eigenvalue weighted by Crippen LogP contribution is 2.18. The quantitative estimate of drug-likeness (QED) is 0.931. The molecule has 0 spiro atoms. The number of anilines is 2. The van der Waals surface area contributed by atoms with Crippen LogP contribution in [-0.2, 0) is 0 Å². The average Bonchev–Trinajstić information content (AvgIpc) is 2.45. The van der Waals surface area contributed by atoms with Crippen LogP contribution in [0.1, 0.15) is 21.6 Å². The summed E-state index contributed by atoms with van der Waals surface area (Å²) < 4.78 is 0. The third kappa shape index (κ3) is 2.96. The Labute approximate surface area is 119 Å². The minimum atomic E-state index is -0.0439. The van der Waals surface area contributed by atoms with E-state index in [0.717, 1.165) is 16.9 Å². The van der Waals surface area contributed by atoms with E-state index in [1.54, 1.807) is 31.1 Å². The van der Waals surface area contributed by atoms with Crippen LogP contribution in [0, 0.1) is 13.8 Å². The number of hydrogen-bond donors (Lipinski definition) is 1. The molecule has 0 saturated carbocycles. The van der Waals surface area contributed by atoms with Crippen molar-refractivity contribution in [1.82, 2.24) is 4.98 Å². The van der Waals surface area contributed by atoms with Crippen molar-refractivity contribution in [2.45, 2.75) is 13.8 Å². The SMILES string of the molecule is CNc1cc(C(=O)N(C)c2cccc(C)c2)cc(C)n1. The van der Waals surface area contributed by atoms with Crippen LogP contribution in [0.25, 0.3) is 0 Å². The first kappa shape index (κ1) is 14.1. The third-order valence-electron chi connectivity index (χ3n) is 3.15. The molecule has 0 aliphatic heterocycles.